The van der Waals surface area contributed by atoms with Crippen LogP contribution in [0, 0.1) is 0 Å². The number of carbonyl (C=O) groups is 1. The lowest BCUT2D eigenvalue weighted by molar-refractivity contribution is -0.131. The predicted molar refractivity (Wildman–Crippen MR) is 83.2 cm³/mol. The Labute approximate surface area is 128 Å². The molecule has 0 atom stereocenters. The summed E-state index contributed by atoms with van der Waals surface area (Å²) in [6, 6.07) is 2.13. The van der Waals surface area contributed by atoms with Gasteiger partial charge in [0, 0.05) is 31.2 Å². The van der Waals surface area contributed by atoms with E-state index in [2.05, 4.69) is 21.9 Å². The molecule has 0 unspecified atom stereocenters. The summed E-state index contributed by atoms with van der Waals surface area (Å²) in [5, 5.41) is 9.48. The van der Waals surface area contributed by atoms with Gasteiger partial charge in [0.1, 0.15) is 0 Å². The van der Waals surface area contributed by atoms with Gasteiger partial charge in [0.05, 0.1) is 12.7 Å². The van der Waals surface area contributed by atoms with Crippen molar-refractivity contribution in [1.29, 1.82) is 0 Å². The Hall–Kier alpha value is -1.66. The van der Waals surface area contributed by atoms with Crippen molar-refractivity contribution in [1.82, 2.24) is 20.0 Å². The molecule has 1 amide bonds. The number of rotatable bonds is 5. The van der Waals surface area contributed by atoms with Crippen molar-refractivity contribution in [3.63, 3.8) is 0 Å². The minimum Gasteiger partial charge on any atom is -0.337 e. The van der Waals surface area contributed by atoms with Gasteiger partial charge < -0.3 is 10.2 Å². The molecule has 1 N–H and O–H groups in total. The number of nitrogens with zero attached hydrogens (tertiary/aromatic N) is 3. The maximum atomic E-state index is 12.2. The lowest BCUT2D eigenvalue weighted by Gasteiger charge is -2.27. The molecule has 0 spiro atoms. The summed E-state index contributed by atoms with van der Waals surface area (Å²) < 4.78 is 1.80. The molecule has 2 aromatic rings. The van der Waals surface area contributed by atoms with Gasteiger partial charge in [-0.2, -0.15) is 5.10 Å². The molecule has 6 heteroatoms. The van der Waals surface area contributed by atoms with Gasteiger partial charge in [0.2, 0.25) is 5.91 Å². The first-order chi connectivity index (χ1) is 10.2. The van der Waals surface area contributed by atoms with Crippen LogP contribution < -0.4 is 5.32 Å². The van der Waals surface area contributed by atoms with Gasteiger partial charge in [-0.25, -0.2) is 0 Å². The molecule has 3 rings (SSSR count). The summed E-state index contributed by atoms with van der Waals surface area (Å²) >= 11 is 1.80. The van der Waals surface area contributed by atoms with E-state index in [9.17, 15) is 4.79 Å². The first-order valence-corrected chi connectivity index (χ1v) is 8.11. The van der Waals surface area contributed by atoms with Crippen LogP contribution in [0.3, 0.4) is 0 Å². The zero-order chi connectivity index (χ0) is 14.7. The minimum absolute atomic E-state index is 0.193. The van der Waals surface area contributed by atoms with Crippen molar-refractivity contribution in [3.8, 4) is 0 Å². The van der Waals surface area contributed by atoms with E-state index in [1.54, 1.807) is 16.0 Å². The summed E-state index contributed by atoms with van der Waals surface area (Å²) in [6.45, 7) is 2.83. The van der Waals surface area contributed by atoms with E-state index in [4.69, 9.17) is 0 Å². The lowest BCUT2D eigenvalue weighted by Crippen LogP contribution is -2.41. The number of amides is 1. The van der Waals surface area contributed by atoms with E-state index in [-0.39, 0.29) is 5.91 Å². The van der Waals surface area contributed by atoms with E-state index in [0.717, 1.165) is 32.5 Å². The SMILES string of the molecule is Cn1cc(CCNCC(=O)N2CCc3sccc3C2)cn1. The van der Waals surface area contributed by atoms with Crippen LogP contribution in [0.5, 0.6) is 0 Å². The third-order valence-corrected chi connectivity index (χ3v) is 4.81. The van der Waals surface area contributed by atoms with E-state index < -0.39 is 0 Å². The fourth-order valence-electron chi connectivity index (χ4n) is 2.60. The highest BCUT2D eigenvalue weighted by Crippen LogP contribution is 2.23. The molecule has 0 radical (unpaired) electrons. The van der Waals surface area contributed by atoms with Gasteiger partial charge in [-0.3, -0.25) is 9.48 Å². The lowest BCUT2D eigenvalue weighted by atomic mass is 10.1. The first kappa shape index (κ1) is 14.3. The average Bonchev–Trinajstić information content (AvgIpc) is 3.11. The minimum atomic E-state index is 0.193. The molecule has 3 heterocycles. The van der Waals surface area contributed by atoms with Crippen LogP contribution in [0.1, 0.15) is 16.0 Å². The van der Waals surface area contributed by atoms with Gasteiger partial charge in [0.25, 0.3) is 0 Å². The van der Waals surface area contributed by atoms with Crippen molar-refractivity contribution >= 4 is 17.2 Å². The third kappa shape index (κ3) is 3.51. The number of thiophene rings is 1. The number of aryl methyl sites for hydroxylation is 1. The average molecular weight is 304 g/mol. The summed E-state index contributed by atoms with van der Waals surface area (Å²) in [7, 11) is 1.91. The molecule has 21 heavy (non-hydrogen) atoms. The van der Waals surface area contributed by atoms with Crippen LogP contribution in [-0.4, -0.2) is 40.2 Å². The van der Waals surface area contributed by atoms with Crippen molar-refractivity contribution in [3.05, 3.63) is 39.8 Å². The highest BCUT2D eigenvalue weighted by molar-refractivity contribution is 7.10. The number of aromatic nitrogens is 2. The third-order valence-electron chi connectivity index (χ3n) is 3.79. The predicted octanol–water partition coefficient (Wildman–Crippen LogP) is 1.20. The van der Waals surface area contributed by atoms with E-state index in [0.29, 0.717) is 6.54 Å². The van der Waals surface area contributed by atoms with Crippen LogP contribution >= 0.6 is 11.3 Å². The second-order valence-electron chi connectivity index (χ2n) is 5.38. The van der Waals surface area contributed by atoms with Crippen LogP contribution in [0.15, 0.2) is 23.8 Å². The van der Waals surface area contributed by atoms with Crippen LogP contribution in [-0.2, 0) is 31.2 Å². The Balaban J connectivity index is 1.41. The molecule has 0 fully saturated rings. The molecule has 0 aromatic carbocycles. The number of fused-ring (bicyclic) bond motifs is 1. The molecule has 112 valence electrons. The van der Waals surface area contributed by atoms with Gasteiger partial charge in [-0.05, 0) is 42.0 Å². The Morgan fingerprint density at radius 3 is 3.24 bits per heavy atom. The fourth-order valence-corrected chi connectivity index (χ4v) is 3.49. The van der Waals surface area contributed by atoms with Crippen molar-refractivity contribution in [2.45, 2.75) is 19.4 Å². The summed E-state index contributed by atoms with van der Waals surface area (Å²) in [5.74, 6) is 0.193. The Morgan fingerprint density at radius 2 is 2.43 bits per heavy atom. The second-order valence-corrected chi connectivity index (χ2v) is 6.38. The Kier molecular flexibility index (Phi) is 4.36. The van der Waals surface area contributed by atoms with Gasteiger partial charge in [-0.1, -0.05) is 0 Å². The summed E-state index contributed by atoms with van der Waals surface area (Å²) in [4.78, 5) is 15.6. The van der Waals surface area contributed by atoms with Crippen LogP contribution in [0.2, 0.25) is 0 Å². The Morgan fingerprint density at radius 1 is 1.52 bits per heavy atom. The number of hydrogen-bond donors (Lipinski definition) is 1. The van der Waals surface area contributed by atoms with Gasteiger partial charge >= 0.3 is 0 Å². The van der Waals surface area contributed by atoms with Gasteiger partial charge in [0.15, 0.2) is 0 Å². The van der Waals surface area contributed by atoms with E-state index >= 15 is 0 Å². The normalized spacial score (nSPS) is 14.2. The van der Waals surface area contributed by atoms with Gasteiger partial charge in [-0.15, -0.1) is 11.3 Å². The van der Waals surface area contributed by atoms with E-state index in [1.165, 1.54) is 16.0 Å². The molecule has 0 aliphatic carbocycles. The Bertz CT molecular complexity index is 619. The number of nitrogens with one attached hydrogen (secondary N) is 1. The molecular formula is C15H20N4OS. The van der Waals surface area contributed by atoms with Crippen LogP contribution in [0.25, 0.3) is 0 Å². The second kappa shape index (κ2) is 6.41. The zero-order valence-corrected chi connectivity index (χ0v) is 13.0. The standard InChI is InChI=1S/C15H20N4OS/c1-18-10-12(8-17-18)2-5-16-9-15(20)19-6-3-14-13(11-19)4-7-21-14/h4,7-8,10,16H,2-3,5-6,9,11H2,1H3. The monoisotopic (exact) mass is 304 g/mol. The van der Waals surface area contributed by atoms with Crippen LogP contribution in [0.4, 0.5) is 0 Å². The van der Waals surface area contributed by atoms with Crippen molar-refractivity contribution in [2.75, 3.05) is 19.6 Å². The molecule has 1 aliphatic heterocycles. The van der Waals surface area contributed by atoms with Crippen molar-refractivity contribution in [2.24, 2.45) is 7.05 Å². The fraction of sp³-hybridized carbons (Fsp3) is 0.467. The zero-order valence-electron chi connectivity index (χ0n) is 12.2. The molecule has 0 bridgehead atoms. The summed E-state index contributed by atoms with van der Waals surface area (Å²) in [5.41, 5.74) is 2.51. The topological polar surface area (TPSA) is 50.2 Å². The highest BCUT2D eigenvalue weighted by atomic mass is 32.1. The molecule has 0 saturated carbocycles. The first-order valence-electron chi connectivity index (χ1n) is 7.23. The number of carbonyl (C=O) groups excluding carboxylic acids is 1. The maximum Gasteiger partial charge on any atom is 0.236 e. The smallest absolute Gasteiger partial charge is 0.236 e. The van der Waals surface area contributed by atoms with Crippen molar-refractivity contribution < 1.29 is 4.79 Å². The molecule has 0 saturated heterocycles. The number of hydrogen-bond acceptors (Lipinski definition) is 4. The molecule has 1 aliphatic rings. The summed E-state index contributed by atoms with van der Waals surface area (Å²) in [6.07, 6.45) is 5.77. The highest BCUT2D eigenvalue weighted by Gasteiger charge is 2.20. The maximum absolute atomic E-state index is 12.2. The molecule has 2 aromatic heterocycles. The molecule has 5 nitrogen and oxygen atoms in total. The largest absolute Gasteiger partial charge is 0.337 e. The molecular weight excluding hydrogens is 284 g/mol. The quantitative estimate of drug-likeness (QED) is 0.845. The van der Waals surface area contributed by atoms with E-state index in [1.807, 2.05) is 24.3 Å².